The van der Waals surface area contributed by atoms with Gasteiger partial charge in [-0.25, -0.2) is 14.1 Å². The van der Waals surface area contributed by atoms with Gasteiger partial charge in [-0.15, -0.1) is 9.24 Å². The third-order valence-electron chi connectivity index (χ3n) is 5.62. The van der Waals surface area contributed by atoms with Crippen molar-refractivity contribution in [2.24, 2.45) is 0 Å². The fourth-order valence-corrected chi connectivity index (χ4v) is 3.92. The van der Waals surface area contributed by atoms with Gasteiger partial charge in [-0.1, -0.05) is 12.1 Å². The van der Waals surface area contributed by atoms with Gasteiger partial charge in [0.1, 0.15) is 11.4 Å². The standard InChI is InChI=1S/C22H27FN5O2P/c1-13-7-6-8-19(23)17(13)12-27-21(30)28(20(29)22(27,4)5)16-9-25-26(10-16)11-18(14(2)24)15(3)31/h6-10,24H,11-12,31H2,1-5H3. The quantitative estimate of drug-likeness (QED) is 0.411. The molecule has 2 heterocycles. The van der Waals surface area contributed by atoms with Crippen LogP contribution < -0.4 is 4.90 Å². The van der Waals surface area contributed by atoms with Crippen molar-refractivity contribution < 1.29 is 14.0 Å². The van der Waals surface area contributed by atoms with Crippen LogP contribution >= 0.6 is 9.24 Å². The van der Waals surface area contributed by atoms with Crippen LogP contribution in [0, 0.1) is 18.2 Å². The SMILES string of the molecule is CC(=N)C(Cn1cc(N2C(=O)N(Cc3c(C)cccc3F)C(C)(C)C2=O)cn1)=C(C)P. The van der Waals surface area contributed by atoms with Crippen LogP contribution in [0.3, 0.4) is 0 Å². The monoisotopic (exact) mass is 443 g/mol. The second-order valence-electron chi connectivity index (χ2n) is 8.29. The van der Waals surface area contributed by atoms with Crippen molar-refractivity contribution in [2.45, 2.75) is 53.2 Å². The fourth-order valence-electron chi connectivity index (χ4n) is 3.61. The normalized spacial score (nSPS) is 16.7. The lowest BCUT2D eigenvalue weighted by molar-refractivity contribution is -0.123. The Kier molecular flexibility index (Phi) is 6.14. The van der Waals surface area contributed by atoms with E-state index in [9.17, 15) is 14.0 Å². The maximum Gasteiger partial charge on any atom is 0.332 e. The van der Waals surface area contributed by atoms with E-state index in [-0.39, 0.29) is 6.54 Å². The molecule has 0 spiro atoms. The summed E-state index contributed by atoms with van der Waals surface area (Å²) in [6.45, 7) is 9.03. The lowest BCUT2D eigenvalue weighted by atomic mass is 10.0. The first-order valence-electron chi connectivity index (χ1n) is 9.88. The highest BCUT2D eigenvalue weighted by molar-refractivity contribution is 7.22. The van der Waals surface area contributed by atoms with Crippen LogP contribution in [0.25, 0.3) is 0 Å². The number of nitrogens with one attached hydrogen (secondary N) is 1. The Labute approximate surface area is 183 Å². The van der Waals surface area contributed by atoms with E-state index in [1.807, 2.05) is 6.92 Å². The Bertz CT molecular complexity index is 1080. The highest BCUT2D eigenvalue weighted by Crippen LogP contribution is 2.34. The van der Waals surface area contributed by atoms with Gasteiger partial charge in [0.15, 0.2) is 0 Å². The van der Waals surface area contributed by atoms with E-state index in [1.165, 1.54) is 17.2 Å². The van der Waals surface area contributed by atoms with Crippen LogP contribution in [0.4, 0.5) is 14.9 Å². The predicted octanol–water partition coefficient (Wildman–Crippen LogP) is 4.27. The molecule has 1 aromatic heterocycles. The van der Waals surface area contributed by atoms with Crippen LogP contribution in [0.2, 0.25) is 0 Å². The lowest BCUT2D eigenvalue weighted by Crippen LogP contribution is -2.44. The smallest absolute Gasteiger partial charge is 0.305 e. The molecule has 1 aliphatic rings. The summed E-state index contributed by atoms with van der Waals surface area (Å²) in [6, 6.07) is 4.23. The molecule has 0 bridgehead atoms. The van der Waals surface area contributed by atoms with Gasteiger partial charge < -0.3 is 10.3 Å². The van der Waals surface area contributed by atoms with Crippen LogP contribution in [0.15, 0.2) is 41.5 Å². The van der Waals surface area contributed by atoms with Crippen molar-refractivity contribution in [2.75, 3.05) is 4.90 Å². The number of nitrogens with zero attached hydrogens (tertiary/aromatic N) is 4. The minimum absolute atomic E-state index is 0.00709. The first kappa shape index (κ1) is 22.8. The summed E-state index contributed by atoms with van der Waals surface area (Å²) in [5.41, 5.74) is 1.54. The third-order valence-corrected chi connectivity index (χ3v) is 5.97. The van der Waals surface area contributed by atoms with Gasteiger partial charge in [-0.05, 0) is 57.1 Å². The number of anilines is 1. The number of benzene rings is 1. The number of urea groups is 1. The maximum atomic E-state index is 14.4. The number of aromatic nitrogens is 2. The fraction of sp³-hybridized carbons (Fsp3) is 0.364. The minimum atomic E-state index is -1.14. The molecule has 3 amide bonds. The number of amides is 3. The van der Waals surface area contributed by atoms with E-state index in [2.05, 4.69) is 14.3 Å². The maximum absolute atomic E-state index is 14.4. The van der Waals surface area contributed by atoms with Gasteiger partial charge in [-0.3, -0.25) is 9.48 Å². The molecule has 0 radical (unpaired) electrons. The van der Waals surface area contributed by atoms with Crippen molar-refractivity contribution in [3.05, 3.63) is 58.4 Å². The average molecular weight is 443 g/mol. The van der Waals surface area contributed by atoms with Crippen molar-refractivity contribution in [3.63, 3.8) is 0 Å². The molecule has 1 aliphatic heterocycles. The summed E-state index contributed by atoms with van der Waals surface area (Å²) in [5, 5.41) is 13.1. The first-order chi connectivity index (χ1) is 14.4. The number of rotatable bonds is 6. The number of imide groups is 1. The molecule has 0 saturated carbocycles. The second-order valence-corrected chi connectivity index (χ2v) is 9.15. The summed E-state index contributed by atoms with van der Waals surface area (Å²) in [6.07, 6.45) is 3.07. The number of carbonyl (C=O) groups is 2. The van der Waals surface area contributed by atoms with Gasteiger partial charge in [0.05, 0.1) is 25.0 Å². The topological polar surface area (TPSA) is 82.3 Å². The lowest BCUT2D eigenvalue weighted by Gasteiger charge is -2.28. The van der Waals surface area contributed by atoms with E-state index in [1.54, 1.807) is 50.7 Å². The molecule has 1 aromatic carbocycles. The first-order valence-corrected chi connectivity index (χ1v) is 10.5. The molecule has 7 nitrogen and oxygen atoms in total. The van der Waals surface area contributed by atoms with Crippen LogP contribution in [0.1, 0.15) is 38.8 Å². The van der Waals surface area contributed by atoms with E-state index in [0.717, 1.165) is 21.4 Å². The number of carbonyl (C=O) groups excluding carboxylic acids is 2. The molecule has 1 unspecified atom stereocenters. The molecule has 1 N–H and O–H groups in total. The van der Waals surface area contributed by atoms with Crippen LogP contribution in [-0.2, 0) is 17.9 Å². The number of hydrogen-bond donors (Lipinski definition) is 1. The summed E-state index contributed by atoms with van der Waals surface area (Å²) in [5.74, 6) is -0.802. The Morgan fingerprint density at radius 1 is 1.26 bits per heavy atom. The molecule has 3 rings (SSSR count). The number of halogens is 1. The molecule has 9 heteroatoms. The van der Waals surface area contributed by atoms with Crippen molar-refractivity contribution >= 4 is 32.6 Å². The molecule has 31 heavy (non-hydrogen) atoms. The van der Waals surface area contributed by atoms with Gasteiger partial charge in [0.25, 0.3) is 5.91 Å². The molecule has 164 valence electrons. The predicted molar refractivity (Wildman–Crippen MR) is 122 cm³/mol. The molecular formula is C22H27FN5O2P. The Morgan fingerprint density at radius 2 is 1.94 bits per heavy atom. The highest BCUT2D eigenvalue weighted by Gasteiger charge is 2.52. The van der Waals surface area contributed by atoms with Crippen molar-refractivity contribution in [3.8, 4) is 0 Å². The van der Waals surface area contributed by atoms with E-state index >= 15 is 0 Å². The van der Waals surface area contributed by atoms with Crippen LogP contribution in [-0.4, -0.2) is 37.9 Å². The van der Waals surface area contributed by atoms with E-state index < -0.39 is 23.3 Å². The largest absolute Gasteiger partial charge is 0.332 e. The van der Waals surface area contributed by atoms with Crippen molar-refractivity contribution in [1.29, 1.82) is 5.41 Å². The zero-order valence-corrected chi connectivity index (χ0v) is 19.5. The van der Waals surface area contributed by atoms with Gasteiger partial charge in [0.2, 0.25) is 0 Å². The molecule has 1 fully saturated rings. The highest BCUT2D eigenvalue weighted by atomic mass is 31.0. The summed E-state index contributed by atoms with van der Waals surface area (Å²) in [4.78, 5) is 28.9. The molecule has 0 aliphatic carbocycles. The van der Waals surface area contributed by atoms with E-state index in [4.69, 9.17) is 5.41 Å². The summed E-state index contributed by atoms with van der Waals surface area (Å²) >= 11 is 0. The molecule has 1 saturated heterocycles. The number of allylic oxidation sites excluding steroid dienone is 2. The van der Waals surface area contributed by atoms with Gasteiger partial charge >= 0.3 is 6.03 Å². The second kappa shape index (κ2) is 8.35. The molecule has 1 atom stereocenters. The number of hydrogen-bond acceptors (Lipinski definition) is 4. The third kappa shape index (κ3) is 4.17. The molecular weight excluding hydrogens is 416 g/mol. The van der Waals surface area contributed by atoms with Gasteiger partial charge in [0, 0.05) is 17.5 Å². The van der Waals surface area contributed by atoms with Crippen LogP contribution in [0.5, 0.6) is 0 Å². The Morgan fingerprint density at radius 3 is 2.52 bits per heavy atom. The van der Waals surface area contributed by atoms with E-state index in [0.29, 0.717) is 23.5 Å². The molecule has 2 aromatic rings. The average Bonchev–Trinajstić information content (AvgIpc) is 3.18. The summed E-state index contributed by atoms with van der Waals surface area (Å²) < 4.78 is 16.0. The minimum Gasteiger partial charge on any atom is -0.305 e. The van der Waals surface area contributed by atoms with Gasteiger partial charge in [-0.2, -0.15) is 5.10 Å². The zero-order chi connectivity index (χ0) is 23.1. The number of aryl methyl sites for hydroxylation is 1. The zero-order valence-electron chi connectivity index (χ0n) is 18.4. The Balaban J connectivity index is 1.91. The Hall–Kier alpha value is -2.86. The van der Waals surface area contributed by atoms with Crippen molar-refractivity contribution in [1.82, 2.24) is 14.7 Å². The summed E-state index contributed by atoms with van der Waals surface area (Å²) in [7, 11) is 2.58.